The van der Waals surface area contributed by atoms with Crippen LogP contribution in [0.25, 0.3) is 0 Å². The van der Waals surface area contributed by atoms with Crippen LogP contribution in [-0.2, 0) is 6.42 Å². The molecule has 0 spiro atoms. The van der Waals surface area contributed by atoms with Crippen LogP contribution in [0.3, 0.4) is 0 Å². The predicted molar refractivity (Wildman–Crippen MR) is 125 cm³/mol. The molecule has 1 aromatic carbocycles. The Morgan fingerprint density at radius 2 is 1.89 bits per heavy atom. The summed E-state index contributed by atoms with van der Waals surface area (Å²) in [6.45, 7) is 4.34. The minimum atomic E-state index is 0. The van der Waals surface area contributed by atoms with Gasteiger partial charge in [0.05, 0.1) is 12.6 Å². The molecule has 2 rings (SSSR count). The lowest BCUT2D eigenvalue weighted by atomic mass is 10.1. The maximum Gasteiger partial charge on any atom is 0.191 e. The number of guanidine groups is 1. The Bertz CT molecular complexity index is 677. The van der Waals surface area contributed by atoms with Crippen molar-refractivity contribution in [3.63, 3.8) is 0 Å². The minimum Gasteiger partial charge on any atom is -0.357 e. The van der Waals surface area contributed by atoms with Crippen LogP contribution in [-0.4, -0.2) is 49.6 Å². The first-order valence-corrected chi connectivity index (χ1v) is 9.32. The SMILES string of the molecule is CCNC(=NCC(c1ccc(Cl)cc1)N(C)C)NCCc1ccccn1.I. The van der Waals surface area contributed by atoms with Gasteiger partial charge in [0.15, 0.2) is 5.96 Å². The van der Waals surface area contributed by atoms with Gasteiger partial charge >= 0.3 is 0 Å². The maximum absolute atomic E-state index is 6.01. The number of pyridine rings is 1. The second-order valence-electron chi connectivity index (χ2n) is 6.25. The van der Waals surface area contributed by atoms with Crippen molar-refractivity contribution >= 4 is 41.5 Å². The molecule has 1 unspecified atom stereocenters. The van der Waals surface area contributed by atoms with E-state index in [1.165, 1.54) is 5.56 Å². The quantitative estimate of drug-likeness (QED) is 0.329. The Morgan fingerprint density at radius 1 is 1.15 bits per heavy atom. The fourth-order valence-electron chi connectivity index (χ4n) is 2.63. The zero-order chi connectivity index (χ0) is 18.8. The summed E-state index contributed by atoms with van der Waals surface area (Å²) in [6, 6.07) is 14.1. The van der Waals surface area contributed by atoms with Gasteiger partial charge in [0.1, 0.15) is 0 Å². The molecule has 0 aliphatic heterocycles. The summed E-state index contributed by atoms with van der Waals surface area (Å²) in [7, 11) is 4.13. The first kappa shape index (κ1) is 23.7. The molecular weight excluding hydrogens is 473 g/mol. The van der Waals surface area contributed by atoms with E-state index in [9.17, 15) is 0 Å². The van der Waals surface area contributed by atoms with Crippen LogP contribution in [0.5, 0.6) is 0 Å². The Kier molecular flexibility index (Phi) is 11.3. The summed E-state index contributed by atoms with van der Waals surface area (Å²) in [5.41, 5.74) is 2.27. The van der Waals surface area contributed by atoms with Crippen LogP contribution in [0, 0.1) is 0 Å². The van der Waals surface area contributed by atoms with Crippen molar-refractivity contribution in [1.29, 1.82) is 0 Å². The molecule has 1 heterocycles. The van der Waals surface area contributed by atoms with Crippen LogP contribution >= 0.6 is 35.6 Å². The van der Waals surface area contributed by atoms with Gasteiger partial charge < -0.3 is 15.5 Å². The van der Waals surface area contributed by atoms with E-state index in [1.807, 2.05) is 36.5 Å². The summed E-state index contributed by atoms with van der Waals surface area (Å²) in [6.07, 6.45) is 2.68. The number of aliphatic imine (C=N–C) groups is 1. The fraction of sp³-hybridized carbons (Fsp3) is 0.400. The van der Waals surface area contributed by atoms with Gasteiger partial charge in [0.2, 0.25) is 0 Å². The molecule has 5 nitrogen and oxygen atoms in total. The molecule has 2 N–H and O–H groups in total. The van der Waals surface area contributed by atoms with Crippen LogP contribution in [0.2, 0.25) is 5.02 Å². The van der Waals surface area contributed by atoms with Gasteiger partial charge in [-0.15, -0.1) is 24.0 Å². The molecule has 148 valence electrons. The standard InChI is InChI=1S/C20H28ClN5.HI/c1-4-22-20(24-14-12-18-7-5-6-13-23-18)25-15-19(26(2)3)16-8-10-17(21)11-9-16;/h5-11,13,19H,4,12,14-15H2,1-3H3,(H2,22,24,25);1H. The highest BCUT2D eigenvalue weighted by atomic mass is 127. The predicted octanol–water partition coefficient (Wildman–Crippen LogP) is 3.75. The van der Waals surface area contributed by atoms with E-state index in [0.717, 1.165) is 36.2 Å². The van der Waals surface area contributed by atoms with E-state index in [4.69, 9.17) is 16.6 Å². The van der Waals surface area contributed by atoms with Crippen LogP contribution < -0.4 is 10.6 Å². The number of likely N-dealkylation sites (N-methyl/N-ethyl adjacent to an activating group) is 1. The first-order chi connectivity index (χ1) is 12.6. The molecule has 0 radical (unpaired) electrons. The van der Waals surface area contributed by atoms with Crippen LogP contribution in [0.15, 0.2) is 53.7 Å². The number of rotatable bonds is 8. The van der Waals surface area contributed by atoms with Gasteiger partial charge in [-0.25, -0.2) is 0 Å². The lowest BCUT2D eigenvalue weighted by Gasteiger charge is -2.24. The molecule has 0 aliphatic rings. The average Bonchev–Trinajstić information content (AvgIpc) is 2.64. The third kappa shape index (κ3) is 8.45. The van der Waals surface area contributed by atoms with Crippen molar-refractivity contribution in [3.05, 3.63) is 64.9 Å². The number of hydrogen-bond donors (Lipinski definition) is 2. The summed E-state index contributed by atoms with van der Waals surface area (Å²) < 4.78 is 0. The number of halogens is 2. The van der Waals surface area contributed by atoms with Crippen LogP contribution in [0.4, 0.5) is 0 Å². The molecule has 1 aromatic heterocycles. The number of aromatic nitrogens is 1. The van der Waals surface area contributed by atoms with E-state index in [-0.39, 0.29) is 30.0 Å². The second kappa shape index (κ2) is 12.9. The zero-order valence-electron chi connectivity index (χ0n) is 16.2. The zero-order valence-corrected chi connectivity index (χ0v) is 19.2. The number of nitrogens with one attached hydrogen (secondary N) is 2. The molecular formula is C20H29ClIN5. The summed E-state index contributed by atoms with van der Waals surface area (Å²) in [5.74, 6) is 0.823. The summed E-state index contributed by atoms with van der Waals surface area (Å²) in [4.78, 5) is 11.3. The molecule has 1 atom stereocenters. The Labute approximate surface area is 184 Å². The van der Waals surface area contributed by atoms with Gasteiger partial charge in [-0.3, -0.25) is 9.98 Å². The van der Waals surface area contributed by atoms with Crippen molar-refractivity contribution < 1.29 is 0 Å². The second-order valence-corrected chi connectivity index (χ2v) is 6.68. The van der Waals surface area contributed by atoms with Crippen LogP contribution in [0.1, 0.15) is 24.2 Å². The molecule has 0 amide bonds. The lowest BCUT2D eigenvalue weighted by Crippen LogP contribution is -2.39. The topological polar surface area (TPSA) is 52.6 Å². The smallest absolute Gasteiger partial charge is 0.191 e. The molecule has 0 saturated heterocycles. The number of hydrogen-bond acceptors (Lipinski definition) is 3. The third-order valence-electron chi connectivity index (χ3n) is 4.04. The molecule has 0 fully saturated rings. The van der Waals surface area contributed by atoms with Crippen molar-refractivity contribution in [2.75, 3.05) is 33.7 Å². The van der Waals surface area contributed by atoms with Gasteiger partial charge in [-0.05, 0) is 50.8 Å². The third-order valence-corrected chi connectivity index (χ3v) is 4.30. The monoisotopic (exact) mass is 501 g/mol. The van der Waals surface area contributed by atoms with Crippen molar-refractivity contribution in [3.8, 4) is 0 Å². The molecule has 0 saturated carbocycles. The van der Waals surface area contributed by atoms with E-state index in [2.05, 4.69) is 53.7 Å². The van der Waals surface area contributed by atoms with Gasteiger partial charge in [0, 0.05) is 36.4 Å². The molecule has 7 heteroatoms. The minimum absolute atomic E-state index is 0. The largest absolute Gasteiger partial charge is 0.357 e. The van der Waals surface area contributed by atoms with Gasteiger partial charge in [-0.1, -0.05) is 29.8 Å². The number of benzene rings is 1. The summed E-state index contributed by atoms with van der Waals surface area (Å²) >= 11 is 6.01. The van der Waals surface area contributed by atoms with Gasteiger partial charge in [-0.2, -0.15) is 0 Å². The fourth-order valence-corrected chi connectivity index (χ4v) is 2.75. The summed E-state index contributed by atoms with van der Waals surface area (Å²) in [5, 5.41) is 7.44. The highest BCUT2D eigenvalue weighted by Crippen LogP contribution is 2.20. The average molecular weight is 502 g/mol. The molecule has 2 aromatic rings. The highest BCUT2D eigenvalue weighted by Gasteiger charge is 2.14. The van der Waals surface area contributed by atoms with E-state index in [0.29, 0.717) is 6.54 Å². The Hall–Kier alpha value is -1.38. The van der Waals surface area contributed by atoms with Crippen molar-refractivity contribution in [2.45, 2.75) is 19.4 Å². The Morgan fingerprint density at radius 3 is 2.48 bits per heavy atom. The van der Waals surface area contributed by atoms with E-state index in [1.54, 1.807) is 0 Å². The maximum atomic E-state index is 6.01. The molecule has 0 aliphatic carbocycles. The highest BCUT2D eigenvalue weighted by molar-refractivity contribution is 14.0. The molecule has 27 heavy (non-hydrogen) atoms. The number of nitrogens with zero attached hydrogens (tertiary/aromatic N) is 3. The first-order valence-electron chi connectivity index (χ1n) is 8.94. The van der Waals surface area contributed by atoms with E-state index < -0.39 is 0 Å². The van der Waals surface area contributed by atoms with E-state index >= 15 is 0 Å². The Balaban J connectivity index is 0.00000364. The van der Waals surface area contributed by atoms with Gasteiger partial charge in [0.25, 0.3) is 0 Å². The molecule has 0 bridgehead atoms. The normalized spacial score (nSPS) is 12.4. The van der Waals surface area contributed by atoms with Crippen molar-refractivity contribution in [1.82, 2.24) is 20.5 Å². The van der Waals surface area contributed by atoms with Crippen molar-refractivity contribution in [2.24, 2.45) is 4.99 Å². The lowest BCUT2D eigenvalue weighted by molar-refractivity contribution is 0.306.